The van der Waals surface area contributed by atoms with E-state index in [2.05, 4.69) is 270 Å². The third-order valence-electron chi connectivity index (χ3n) is 10.8. The summed E-state index contributed by atoms with van der Waals surface area (Å²) in [6, 6.07) is 86.4. The lowest BCUT2D eigenvalue weighted by Crippen LogP contribution is -2.39. The van der Waals surface area contributed by atoms with Crippen molar-refractivity contribution in [3.8, 4) is 0 Å². The number of hydrogen-bond acceptors (Lipinski definition) is 4. The Hall–Kier alpha value is -7.76. The molecule has 0 aliphatic carbocycles. The fourth-order valence-electron chi connectivity index (χ4n) is 8.15. The van der Waals surface area contributed by atoms with E-state index in [1.54, 1.807) is 0 Å². The third kappa shape index (κ3) is 7.11. The second kappa shape index (κ2) is 16.0. The van der Waals surface area contributed by atoms with Crippen LogP contribution in [0.1, 0.15) is 0 Å². The Balaban J connectivity index is 1.23. The van der Waals surface area contributed by atoms with E-state index >= 15 is 0 Å². The van der Waals surface area contributed by atoms with Crippen molar-refractivity contribution in [1.29, 1.82) is 0 Å². The molecule has 0 bridgehead atoms. The van der Waals surface area contributed by atoms with Gasteiger partial charge in [0, 0.05) is 51.2 Å². The fourth-order valence-corrected chi connectivity index (χ4v) is 8.15. The standard InChI is InChI=1S/C54H40BN4/c1-7-21-41(22-8-1)56(42-23-9-2-10-24-42)48-37-49(57(43-25-11-3-12-26-43)44-27-13-4-14-28-44)39-50(38-48)58(45-29-15-5-16-30-45)47-35-36-52-54(40-47)59(46-31-17-6-18-32-46)53-34-20-19-33-51(53)55-52/h1-40H. The van der Waals surface area contributed by atoms with Gasteiger partial charge in [-0.05, 0) is 109 Å². The molecule has 9 aromatic rings. The molecule has 1 heterocycles. The SMILES string of the molecule is [B]1c2ccccc2N(c2ccccc2)c2cc(N(c3ccccc3)c3cc(N(c4ccccc4)c4ccccc4)cc(N(c4ccccc4)c4ccccc4)c3)ccc21. The summed E-state index contributed by atoms with van der Waals surface area (Å²) < 4.78 is 0. The Labute approximate surface area is 347 Å². The van der Waals surface area contributed by atoms with Crippen LogP contribution >= 0.6 is 0 Å². The number of anilines is 12. The van der Waals surface area contributed by atoms with E-state index in [9.17, 15) is 0 Å². The molecule has 59 heavy (non-hydrogen) atoms. The predicted octanol–water partition coefficient (Wildman–Crippen LogP) is 13.5. The first kappa shape index (κ1) is 35.6. The van der Waals surface area contributed by atoms with Gasteiger partial charge < -0.3 is 19.6 Å². The molecule has 4 nitrogen and oxygen atoms in total. The fraction of sp³-hybridized carbons (Fsp3) is 0. The van der Waals surface area contributed by atoms with E-state index in [0.29, 0.717) is 0 Å². The highest BCUT2D eigenvalue weighted by molar-refractivity contribution is 6.71. The predicted molar refractivity (Wildman–Crippen MR) is 250 cm³/mol. The first-order valence-corrected chi connectivity index (χ1v) is 20.0. The molecule has 1 aliphatic rings. The molecule has 0 N–H and O–H groups in total. The Morgan fingerprint density at radius 3 is 1.02 bits per heavy atom. The van der Waals surface area contributed by atoms with Crippen LogP contribution < -0.4 is 30.5 Å². The molecule has 0 unspecified atom stereocenters. The average molecular weight is 756 g/mol. The molecule has 0 fully saturated rings. The van der Waals surface area contributed by atoms with Crippen LogP contribution in [0.15, 0.2) is 243 Å². The molecule has 0 saturated heterocycles. The first-order valence-electron chi connectivity index (χ1n) is 20.0. The summed E-state index contributed by atoms with van der Waals surface area (Å²) in [4.78, 5) is 9.47. The minimum atomic E-state index is 1.02. The number of hydrogen-bond donors (Lipinski definition) is 0. The highest BCUT2D eigenvalue weighted by Crippen LogP contribution is 2.47. The van der Waals surface area contributed by atoms with Gasteiger partial charge in [0.15, 0.2) is 7.28 Å². The largest absolute Gasteiger partial charge is 0.312 e. The summed E-state index contributed by atoms with van der Waals surface area (Å²) in [6.45, 7) is 0. The lowest BCUT2D eigenvalue weighted by atomic mass is 9.60. The maximum absolute atomic E-state index is 2.39. The molecule has 1 radical (unpaired) electrons. The van der Waals surface area contributed by atoms with E-state index in [1.165, 1.54) is 5.46 Å². The molecule has 9 aromatic carbocycles. The second-order valence-electron chi connectivity index (χ2n) is 14.5. The summed E-state index contributed by atoms with van der Waals surface area (Å²) in [5, 5.41) is 0. The first-order chi connectivity index (χ1) is 29.3. The smallest absolute Gasteiger partial charge is 0.197 e. The molecule has 1 aliphatic heterocycles. The van der Waals surface area contributed by atoms with Gasteiger partial charge in [0.05, 0.1) is 17.1 Å². The summed E-state index contributed by atoms with van der Waals surface area (Å²) in [6.07, 6.45) is 0. The minimum absolute atomic E-state index is 1.02. The third-order valence-corrected chi connectivity index (χ3v) is 10.8. The average Bonchev–Trinajstić information content (AvgIpc) is 3.31. The zero-order valence-corrected chi connectivity index (χ0v) is 32.5. The molecule has 279 valence electrons. The normalized spacial score (nSPS) is 11.5. The van der Waals surface area contributed by atoms with Crippen molar-refractivity contribution < 1.29 is 0 Å². The molecule has 10 rings (SSSR count). The van der Waals surface area contributed by atoms with Crippen LogP contribution in [0.25, 0.3) is 0 Å². The lowest BCUT2D eigenvalue weighted by molar-refractivity contribution is 1.22. The van der Waals surface area contributed by atoms with Crippen LogP contribution in [-0.4, -0.2) is 7.28 Å². The molecule has 0 aromatic heterocycles. The number of para-hydroxylation sites is 7. The molecule has 0 saturated carbocycles. The molecule has 0 atom stereocenters. The molecule has 0 spiro atoms. The van der Waals surface area contributed by atoms with Gasteiger partial charge in [0.2, 0.25) is 0 Å². The van der Waals surface area contributed by atoms with Crippen LogP contribution in [0.5, 0.6) is 0 Å². The van der Waals surface area contributed by atoms with E-state index < -0.39 is 0 Å². The van der Waals surface area contributed by atoms with Crippen molar-refractivity contribution in [3.63, 3.8) is 0 Å². The van der Waals surface area contributed by atoms with E-state index in [4.69, 9.17) is 0 Å². The van der Waals surface area contributed by atoms with Gasteiger partial charge in [0.1, 0.15) is 0 Å². The molecule has 5 heteroatoms. The number of nitrogens with zero attached hydrogens (tertiary/aromatic N) is 4. The minimum Gasteiger partial charge on any atom is -0.312 e. The van der Waals surface area contributed by atoms with Crippen LogP contribution in [0.4, 0.5) is 68.2 Å². The second-order valence-corrected chi connectivity index (χ2v) is 14.5. The Kier molecular flexibility index (Phi) is 9.67. The van der Waals surface area contributed by atoms with Gasteiger partial charge in [-0.3, -0.25) is 0 Å². The van der Waals surface area contributed by atoms with Gasteiger partial charge in [0.25, 0.3) is 0 Å². The number of rotatable bonds is 10. The van der Waals surface area contributed by atoms with Crippen LogP contribution in [-0.2, 0) is 0 Å². The van der Waals surface area contributed by atoms with E-state index in [1.807, 2.05) is 0 Å². The number of fused-ring (bicyclic) bond motifs is 2. The van der Waals surface area contributed by atoms with Gasteiger partial charge in [-0.15, -0.1) is 0 Å². The van der Waals surface area contributed by atoms with Crippen molar-refractivity contribution in [1.82, 2.24) is 0 Å². The highest BCUT2D eigenvalue weighted by Gasteiger charge is 2.27. The monoisotopic (exact) mass is 755 g/mol. The van der Waals surface area contributed by atoms with E-state index in [-0.39, 0.29) is 0 Å². The van der Waals surface area contributed by atoms with Crippen LogP contribution in [0.3, 0.4) is 0 Å². The number of benzene rings is 9. The van der Waals surface area contributed by atoms with Crippen molar-refractivity contribution in [2.24, 2.45) is 0 Å². The quantitative estimate of drug-likeness (QED) is 0.129. The summed E-state index contributed by atoms with van der Waals surface area (Å²) in [5.41, 5.74) is 15.2. The zero-order valence-electron chi connectivity index (χ0n) is 32.5. The summed E-state index contributed by atoms with van der Waals surface area (Å²) in [5.74, 6) is 0. The Morgan fingerprint density at radius 2 is 0.593 bits per heavy atom. The molecular weight excluding hydrogens is 715 g/mol. The van der Waals surface area contributed by atoms with Crippen molar-refractivity contribution in [2.75, 3.05) is 19.6 Å². The van der Waals surface area contributed by atoms with Crippen molar-refractivity contribution in [3.05, 3.63) is 243 Å². The Bertz CT molecular complexity index is 2620. The van der Waals surface area contributed by atoms with Gasteiger partial charge in [-0.2, -0.15) is 0 Å². The van der Waals surface area contributed by atoms with E-state index in [0.717, 1.165) is 73.7 Å². The topological polar surface area (TPSA) is 13.0 Å². The maximum Gasteiger partial charge on any atom is 0.197 e. The maximum atomic E-state index is 2.39. The summed E-state index contributed by atoms with van der Waals surface area (Å²) >= 11 is 0. The van der Waals surface area contributed by atoms with Crippen LogP contribution in [0, 0.1) is 0 Å². The van der Waals surface area contributed by atoms with Gasteiger partial charge >= 0.3 is 0 Å². The highest BCUT2D eigenvalue weighted by atomic mass is 15.2. The van der Waals surface area contributed by atoms with Gasteiger partial charge in [-0.1, -0.05) is 144 Å². The summed E-state index contributed by atoms with van der Waals surface area (Å²) in [7, 11) is 2.30. The van der Waals surface area contributed by atoms with Gasteiger partial charge in [-0.25, -0.2) is 0 Å². The lowest BCUT2D eigenvalue weighted by Gasteiger charge is -2.36. The Morgan fingerprint density at radius 1 is 0.254 bits per heavy atom. The molecular formula is C54H40BN4. The molecule has 0 amide bonds. The van der Waals surface area contributed by atoms with Crippen molar-refractivity contribution >= 4 is 86.5 Å². The van der Waals surface area contributed by atoms with Crippen LogP contribution in [0.2, 0.25) is 0 Å². The van der Waals surface area contributed by atoms with Crippen molar-refractivity contribution in [2.45, 2.75) is 0 Å². The zero-order chi connectivity index (χ0) is 39.4.